The number of hydrogen-bond donors (Lipinski definition) is 1. The van der Waals surface area contributed by atoms with Gasteiger partial charge >= 0.3 is 0 Å². The molecular formula is C12H15FN2O. The van der Waals surface area contributed by atoms with E-state index >= 15 is 0 Å². The van der Waals surface area contributed by atoms with Crippen molar-refractivity contribution in [2.45, 2.75) is 26.0 Å². The molecule has 0 saturated carbocycles. The quantitative estimate of drug-likeness (QED) is 0.847. The van der Waals surface area contributed by atoms with Crippen LogP contribution in [0.4, 0.5) is 4.39 Å². The monoisotopic (exact) mass is 222 g/mol. The summed E-state index contributed by atoms with van der Waals surface area (Å²) in [6, 6.07) is 6.19. The number of halogens is 1. The van der Waals surface area contributed by atoms with Crippen LogP contribution in [0.3, 0.4) is 0 Å². The highest BCUT2D eigenvalue weighted by atomic mass is 19.1. The number of hydrogen-bond acceptors (Lipinski definition) is 3. The first-order chi connectivity index (χ1) is 7.42. The van der Waals surface area contributed by atoms with E-state index in [9.17, 15) is 4.39 Å². The molecule has 0 bridgehead atoms. The number of nitriles is 1. The molecule has 0 aromatic heterocycles. The SMILES string of the molecule is CC(C)(N)COCc1ccc(C#N)cc1F. The van der Waals surface area contributed by atoms with Gasteiger partial charge in [0.2, 0.25) is 0 Å². The molecule has 0 unspecified atom stereocenters. The minimum atomic E-state index is -0.428. The van der Waals surface area contributed by atoms with E-state index in [2.05, 4.69) is 0 Å². The minimum absolute atomic E-state index is 0.165. The number of nitrogens with zero attached hydrogens (tertiary/aromatic N) is 1. The second-order valence-electron chi connectivity index (χ2n) is 4.40. The van der Waals surface area contributed by atoms with E-state index in [1.165, 1.54) is 6.07 Å². The summed E-state index contributed by atoms with van der Waals surface area (Å²) in [4.78, 5) is 0. The van der Waals surface area contributed by atoms with Crippen molar-refractivity contribution >= 4 is 0 Å². The van der Waals surface area contributed by atoms with Crippen molar-refractivity contribution in [1.29, 1.82) is 5.26 Å². The molecule has 0 spiro atoms. The summed E-state index contributed by atoms with van der Waals surface area (Å²) in [6.45, 7) is 4.19. The molecule has 1 aromatic rings. The highest BCUT2D eigenvalue weighted by Gasteiger charge is 2.11. The summed E-state index contributed by atoms with van der Waals surface area (Å²) in [6.07, 6.45) is 0. The zero-order valence-corrected chi connectivity index (χ0v) is 9.46. The highest BCUT2D eigenvalue weighted by molar-refractivity contribution is 5.32. The van der Waals surface area contributed by atoms with Gasteiger partial charge in [-0.15, -0.1) is 0 Å². The number of ether oxygens (including phenoxy) is 1. The molecule has 3 nitrogen and oxygen atoms in total. The lowest BCUT2D eigenvalue weighted by atomic mass is 10.1. The van der Waals surface area contributed by atoms with Gasteiger partial charge in [-0.1, -0.05) is 6.07 Å². The molecule has 0 aliphatic carbocycles. The fourth-order valence-corrected chi connectivity index (χ4v) is 1.16. The average molecular weight is 222 g/mol. The smallest absolute Gasteiger partial charge is 0.130 e. The molecule has 0 heterocycles. The van der Waals surface area contributed by atoms with Crippen LogP contribution >= 0.6 is 0 Å². The van der Waals surface area contributed by atoms with E-state index in [0.717, 1.165) is 0 Å². The van der Waals surface area contributed by atoms with Gasteiger partial charge in [0.1, 0.15) is 5.82 Å². The van der Waals surface area contributed by atoms with Crippen molar-refractivity contribution in [3.8, 4) is 6.07 Å². The zero-order chi connectivity index (χ0) is 12.2. The first kappa shape index (κ1) is 12.6. The predicted octanol–water partition coefficient (Wildman–Crippen LogP) is 1.95. The van der Waals surface area contributed by atoms with Crippen LogP contribution in [0, 0.1) is 17.1 Å². The molecule has 0 aliphatic rings. The molecule has 0 fully saturated rings. The van der Waals surface area contributed by atoms with Gasteiger partial charge in [-0.2, -0.15) is 5.26 Å². The molecule has 1 aromatic carbocycles. The van der Waals surface area contributed by atoms with Crippen molar-refractivity contribution in [3.05, 3.63) is 35.1 Å². The lowest BCUT2D eigenvalue weighted by molar-refractivity contribution is 0.0832. The van der Waals surface area contributed by atoms with E-state index in [4.69, 9.17) is 15.7 Å². The van der Waals surface area contributed by atoms with E-state index in [-0.39, 0.29) is 6.61 Å². The average Bonchev–Trinajstić information content (AvgIpc) is 2.18. The van der Waals surface area contributed by atoms with Crippen LogP contribution in [0.25, 0.3) is 0 Å². The van der Waals surface area contributed by atoms with E-state index < -0.39 is 11.4 Å². The molecule has 1 rings (SSSR count). The van der Waals surface area contributed by atoms with Crippen molar-refractivity contribution in [3.63, 3.8) is 0 Å². The molecule has 0 radical (unpaired) electrons. The molecule has 0 saturated heterocycles. The van der Waals surface area contributed by atoms with Crippen LogP contribution in [-0.4, -0.2) is 12.1 Å². The Bertz CT molecular complexity index is 404. The van der Waals surface area contributed by atoms with E-state index in [1.54, 1.807) is 12.1 Å². The third-order valence-electron chi connectivity index (χ3n) is 1.91. The van der Waals surface area contributed by atoms with Crippen LogP contribution in [0.5, 0.6) is 0 Å². The Kier molecular flexibility index (Phi) is 3.99. The van der Waals surface area contributed by atoms with Gasteiger partial charge < -0.3 is 10.5 Å². The van der Waals surface area contributed by atoms with Gasteiger partial charge in [0, 0.05) is 11.1 Å². The van der Waals surface area contributed by atoms with Crippen molar-refractivity contribution in [2.75, 3.05) is 6.61 Å². The van der Waals surface area contributed by atoms with E-state index in [0.29, 0.717) is 17.7 Å². The number of nitrogens with two attached hydrogens (primary N) is 1. The maximum absolute atomic E-state index is 13.4. The Morgan fingerprint density at radius 1 is 1.50 bits per heavy atom. The van der Waals surface area contributed by atoms with Gasteiger partial charge in [0.05, 0.1) is 24.8 Å². The van der Waals surface area contributed by atoms with Crippen LogP contribution in [0.1, 0.15) is 25.0 Å². The Balaban J connectivity index is 2.59. The van der Waals surface area contributed by atoms with Crippen molar-refractivity contribution < 1.29 is 9.13 Å². The third kappa shape index (κ3) is 3.97. The second-order valence-corrected chi connectivity index (χ2v) is 4.40. The summed E-state index contributed by atoms with van der Waals surface area (Å²) < 4.78 is 18.7. The molecule has 2 N–H and O–H groups in total. The Morgan fingerprint density at radius 3 is 2.69 bits per heavy atom. The predicted molar refractivity (Wildman–Crippen MR) is 59.0 cm³/mol. The van der Waals surface area contributed by atoms with Crippen molar-refractivity contribution in [1.82, 2.24) is 0 Å². The van der Waals surface area contributed by atoms with E-state index in [1.807, 2.05) is 19.9 Å². The summed E-state index contributed by atoms with van der Waals surface area (Å²) >= 11 is 0. The van der Waals surface area contributed by atoms with Crippen LogP contribution in [0.2, 0.25) is 0 Å². The first-order valence-corrected chi connectivity index (χ1v) is 4.97. The third-order valence-corrected chi connectivity index (χ3v) is 1.91. The summed E-state index contributed by atoms with van der Waals surface area (Å²) in [7, 11) is 0. The number of rotatable bonds is 4. The standard InChI is InChI=1S/C12H15FN2O/c1-12(2,15)8-16-7-10-4-3-9(6-14)5-11(10)13/h3-5H,7-8,15H2,1-2H3. The normalized spacial score (nSPS) is 11.2. The molecule has 86 valence electrons. The van der Waals surface area contributed by atoms with Crippen LogP contribution in [0.15, 0.2) is 18.2 Å². The van der Waals surface area contributed by atoms with Gasteiger partial charge in [-0.25, -0.2) is 4.39 Å². The summed E-state index contributed by atoms with van der Waals surface area (Å²) in [5.74, 6) is -0.422. The molecule has 0 aliphatic heterocycles. The van der Waals surface area contributed by atoms with Crippen molar-refractivity contribution in [2.24, 2.45) is 5.73 Å². The van der Waals surface area contributed by atoms with Gasteiger partial charge in [0.15, 0.2) is 0 Å². The maximum Gasteiger partial charge on any atom is 0.130 e. The molecule has 0 atom stereocenters. The summed E-state index contributed by atoms with van der Waals surface area (Å²) in [5, 5.41) is 8.57. The van der Waals surface area contributed by atoms with Crippen LogP contribution < -0.4 is 5.73 Å². The topological polar surface area (TPSA) is 59.0 Å². The van der Waals surface area contributed by atoms with Crippen LogP contribution in [-0.2, 0) is 11.3 Å². The molecule has 0 amide bonds. The van der Waals surface area contributed by atoms with Gasteiger partial charge in [-0.3, -0.25) is 0 Å². The summed E-state index contributed by atoms with van der Waals surface area (Å²) in [5.41, 5.74) is 6.03. The second kappa shape index (κ2) is 5.06. The lowest BCUT2D eigenvalue weighted by Crippen LogP contribution is -2.37. The minimum Gasteiger partial charge on any atom is -0.375 e. The van der Waals surface area contributed by atoms with Gasteiger partial charge in [-0.05, 0) is 26.0 Å². The molecule has 16 heavy (non-hydrogen) atoms. The number of benzene rings is 1. The molecule has 4 heteroatoms. The highest BCUT2D eigenvalue weighted by Crippen LogP contribution is 2.11. The molecular weight excluding hydrogens is 207 g/mol. The lowest BCUT2D eigenvalue weighted by Gasteiger charge is -2.18. The Labute approximate surface area is 94.6 Å². The van der Waals surface area contributed by atoms with Gasteiger partial charge in [0.25, 0.3) is 0 Å². The zero-order valence-electron chi connectivity index (χ0n) is 9.46. The fourth-order valence-electron chi connectivity index (χ4n) is 1.16. The Morgan fingerprint density at radius 2 is 2.19 bits per heavy atom. The first-order valence-electron chi connectivity index (χ1n) is 4.97. The largest absolute Gasteiger partial charge is 0.375 e. The fraction of sp³-hybridized carbons (Fsp3) is 0.417. The maximum atomic E-state index is 13.4. The Hall–Kier alpha value is -1.44.